The van der Waals surface area contributed by atoms with E-state index in [0.717, 1.165) is 5.56 Å². The molecule has 1 unspecified atom stereocenters. The van der Waals surface area contributed by atoms with Gasteiger partial charge in [0.15, 0.2) is 0 Å². The number of methoxy groups -OCH3 is 1. The van der Waals surface area contributed by atoms with Crippen molar-refractivity contribution in [2.75, 3.05) is 33.5 Å². The van der Waals surface area contributed by atoms with E-state index in [1.165, 1.54) is 0 Å². The first-order valence-corrected chi connectivity index (χ1v) is 6.83. The maximum absolute atomic E-state index is 9.67. The van der Waals surface area contributed by atoms with Gasteiger partial charge in [0.05, 0.1) is 25.9 Å². The van der Waals surface area contributed by atoms with Gasteiger partial charge in [-0.15, -0.1) is 0 Å². The van der Waals surface area contributed by atoms with Crippen molar-refractivity contribution < 1.29 is 24.4 Å². The van der Waals surface area contributed by atoms with Crippen molar-refractivity contribution in [1.29, 1.82) is 0 Å². The Bertz CT molecular complexity index is 352. The molecule has 5 nitrogen and oxygen atoms in total. The lowest BCUT2D eigenvalue weighted by molar-refractivity contribution is -0.00420. The number of aliphatic hydroxyl groups excluding tert-OH is 2. The van der Waals surface area contributed by atoms with Gasteiger partial charge in [-0.1, -0.05) is 19.1 Å². The fourth-order valence-electron chi connectivity index (χ4n) is 1.62. The smallest absolute Gasteiger partial charge is 0.119 e. The van der Waals surface area contributed by atoms with Gasteiger partial charge in [0.25, 0.3) is 0 Å². The van der Waals surface area contributed by atoms with E-state index in [1.807, 2.05) is 19.1 Å². The lowest BCUT2D eigenvalue weighted by Gasteiger charge is -2.13. The minimum atomic E-state index is -0.673. The molecule has 1 rings (SSSR count). The Kier molecular flexibility index (Phi) is 8.22. The van der Waals surface area contributed by atoms with E-state index < -0.39 is 12.2 Å². The molecule has 0 spiro atoms. The first-order valence-electron chi connectivity index (χ1n) is 6.83. The second-order valence-electron chi connectivity index (χ2n) is 4.53. The molecule has 0 fully saturated rings. The highest BCUT2D eigenvalue weighted by molar-refractivity contribution is 5.28. The summed E-state index contributed by atoms with van der Waals surface area (Å²) in [5, 5.41) is 19.3. The number of aliphatic hydroxyl groups is 2. The van der Waals surface area contributed by atoms with Gasteiger partial charge in [0, 0.05) is 7.11 Å². The van der Waals surface area contributed by atoms with Gasteiger partial charge in [-0.2, -0.15) is 0 Å². The molecule has 0 radical (unpaired) electrons. The van der Waals surface area contributed by atoms with Crippen molar-refractivity contribution in [1.82, 2.24) is 0 Å². The molecule has 0 heterocycles. The zero-order valence-corrected chi connectivity index (χ0v) is 12.1. The van der Waals surface area contributed by atoms with E-state index in [2.05, 4.69) is 0 Å². The van der Waals surface area contributed by atoms with Crippen LogP contribution in [0.25, 0.3) is 0 Å². The first-order chi connectivity index (χ1) is 9.67. The second kappa shape index (κ2) is 9.72. The minimum absolute atomic E-state index is 0.169. The molecule has 20 heavy (non-hydrogen) atoms. The van der Waals surface area contributed by atoms with E-state index in [-0.39, 0.29) is 13.2 Å². The summed E-state index contributed by atoms with van der Waals surface area (Å²) in [7, 11) is 1.60. The molecule has 0 aliphatic heterocycles. The Morgan fingerprint density at radius 1 is 1.05 bits per heavy atom. The molecular weight excluding hydrogens is 260 g/mol. The molecule has 0 aromatic heterocycles. The fourth-order valence-corrected chi connectivity index (χ4v) is 1.62. The summed E-state index contributed by atoms with van der Waals surface area (Å²) in [5.74, 6) is 0.660. The SMILES string of the molecule is CC[C@H](O)c1ccc(OCC(O)COCCOC)cc1. The molecule has 1 aromatic rings. The van der Waals surface area contributed by atoms with Gasteiger partial charge in [-0.25, -0.2) is 0 Å². The van der Waals surface area contributed by atoms with Crippen LogP contribution in [0.1, 0.15) is 25.0 Å². The van der Waals surface area contributed by atoms with Crippen LogP contribution in [-0.2, 0) is 9.47 Å². The summed E-state index contributed by atoms with van der Waals surface area (Å²) in [4.78, 5) is 0. The van der Waals surface area contributed by atoms with Gasteiger partial charge >= 0.3 is 0 Å². The molecule has 114 valence electrons. The Hall–Kier alpha value is -1.14. The summed E-state index contributed by atoms with van der Waals surface area (Å²) >= 11 is 0. The van der Waals surface area contributed by atoms with Crippen molar-refractivity contribution in [2.24, 2.45) is 0 Å². The van der Waals surface area contributed by atoms with Crippen molar-refractivity contribution in [3.05, 3.63) is 29.8 Å². The zero-order chi connectivity index (χ0) is 14.8. The quantitative estimate of drug-likeness (QED) is 0.638. The maximum Gasteiger partial charge on any atom is 0.119 e. The van der Waals surface area contributed by atoms with Gasteiger partial charge in [-0.05, 0) is 24.1 Å². The van der Waals surface area contributed by atoms with Crippen LogP contribution < -0.4 is 4.74 Å². The van der Waals surface area contributed by atoms with Crippen molar-refractivity contribution in [3.63, 3.8) is 0 Å². The van der Waals surface area contributed by atoms with E-state index in [0.29, 0.717) is 25.4 Å². The lowest BCUT2D eigenvalue weighted by atomic mass is 10.1. The third kappa shape index (κ3) is 6.34. The average Bonchev–Trinajstić information content (AvgIpc) is 2.49. The molecule has 0 saturated heterocycles. The summed E-state index contributed by atoms with van der Waals surface area (Å²) in [6, 6.07) is 7.22. The molecular formula is C15H24O5. The van der Waals surface area contributed by atoms with Gasteiger partial charge in [0.2, 0.25) is 0 Å². The number of hydrogen-bond donors (Lipinski definition) is 2. The number of ether oxygens (including phenoxy) is 3. The summed E-state index contributed by atoms with van der Waals surface area (Å²) in [5.41, 5.74) is 0.864. The highest BCUT2D eigenvalue weighted by Gasteiger charge is 2.07. The van der Waals surface area contributed by atoms with Crippen LogP contribution in [0.2, 0.25) is 0 Å². The second-order valence-corrected chi connectivity index (χ2v) is 4.53. The topological polar surface area (TPSA) is 68.2 Å². The molecule has 0 amide bonds. The van der Waals surface area contributed by atoms with E-state index in [4.69, 9.17) is 14.2 Å². The predicted octanol–water partition coefficient (Wildman–Crippen LogP) is 1.53. The van der Waals surface area contributed by atoms with E-state index >= 15 is 0 Å². The van der Waals surface area contributed by atoms with Crippen LogP contribution >= 0.6 is 0 Å². The first kappa shape index (κ1) is 16.9. The molecule has 0 saturated carbocycles. The Morgan fingerprint density at radius 2 is 1.75 bits per heavy atom. The van der Waals surface area contributed by atoms with E-state index in [9.17, 15) is 10.2 Å². The molecule has 2 atom stereocenters. The highest BCUT2D eigenvalue weighted by atomic mass is 16.5. The Morgan fingerprint density at radius 3 is 2.35 bits per heavy atom. The fraction of sp³-hybridized carbons (Fsp3) is 0.600. The number of benzene rings is 1. The maximum atomic E-state index is 9.67. The van der Waals surface area contributed by atoms with Gasteiger partial charge in [0.1, 0.15) is 18.5 Å². The minimum Gasteiger partial charge on any atom is -0.491 e. The number of rotatable bonds is 10. The van der Waals surface area contributed by atoms with Crippen LogP contribution in [0.4, 0.5) is 0 Å². The van der Waals surface area contributed by atoms with Gasteiger partial charge in [-0.3, -0.25) is 0 Å². The Balaban J connectivity index is 2.27. The van der Waals surface area contributed by atoms with Crippen molar-refractivity contribution in [2.45, 2.75) is 25.6 Å². The van der Waals surface area contributed by atoms with Crippen LogP contribution in [0.5, 0.6) is 5.75 Å². The zero-order valence-electron chi connectivity index (χ0n) is 12.1. The molecule has 1 aromatic carbocycles. The molecule has 2 N–H and O–H groups in total. The third-order valence-corrected chi connectivity index (χ3v) is 2.84. The predicted molar refractivity (Wildman–Crippen MR) is 75.9 cm³/mol. The summed E-state index contributed by atoms with van der Waals surface area (Å²) in [6.07, 6.45) is -0.436. The Labute approximate surface area is 120 Å². The van der Waals surface area contributed by atoms with Crippen LogP contribution in [0.3, 0.4) is 0 Å². The lowest BCUT2D eigenvalue weighted by Crippen LogP contribution is -2.24. The van der Waals surface area contributed by atoms with Crippen LogP contribution in [0, 0.1) is 0 Å². The monoisotopic (exact) mass is 284 g/mol. The van der Waals surface area contributed by atoms with Crippen molar-refractivity contribution in [3.8, 4) is 5.75 Å². The number of hydrogen-bond acceptors (Lipinski definition) is 5. The molecule has 0 aliphatic carbocycles. The summed E-state index contributed by atoms with van der Waals surface area (Å²) < 4.78 is 15.5. The molecule has 0 bridgehead atoms. The molecule has 0 aliphatic rings. The summed E-state index contributed by atoms with van der Waals surface area (Å²) in [6.45, 7) is 3.28. The highest BCUT2D eigenvalue weighted by Crippen LogP contribution is 2.19. The third-order valence-electron chi connectivity index (χ3n) is 2.84. The molecule has 5 heteroatoms. The van der Waals surface area contributed by atoms with Crippen LogP contribution in [0.15, 0.2) is 24.3 Å². The van der Waals surface area contributed by atoms with E-state index in [1.54, 1.807) is 19.2 Å². The van der Waals surface area contributed by atoms with Gasteiger partial charge < -0.3 is 24.4 Å². The normalized spacial score (nSPS) is 14.0. The van der Waals surface area contributed by atoms with Crippen LogP contribution in [-0.4, -0.2) is 49.9 Å². The standard InChI is InChI=1S/C15H24O5/c1-3-15(17)12-4-6-14(7-5-12)20-11-13(16)10-19-9-8-18-2/h4-7,13,15-17H,3,8-11H2,1-2H3/t13?,15-/m0/s1. The van der Waals surface area contributed by atoms with Crippen molar-refractivity contribution >= 4 is 0 Å². The average molecular weight is 284 g/mol. The largest absolute Gasteiger partial charge is 0.491 e.